The fraction of sp³-hybridized carbons (Fsp3) is 0.412. The highest BCUT2D eigenvalue weighted by molar-refractivity contribution is 5.84. The minimum Gasteiger partial charge on any atom is -0.480 e. The van der Waals surface area contributed by atoms with E-state index < -0.39 is 5.97 Å². The van der Waals surface area contributed by atoms with Crippen LogP contribution in [0.25, 0.3) is 10.9 Å². The number of carboxylic acid groups (broad SMARTS) is 1. The van der Waals surface area contributed by atoms with Gasteiger partial charge in [-0.2, -0.15) is 0 Å². The zero-order valence-corrected chi connectivity index (χ0v) is 13.0. The van der Waals surface area contributed by atoms with Crippen LogP contribution in [-0.2, 0) is 4.79 Å². The van der Waals surface area contributed by atoms with Gasteiger partial charge in [0, 0.05) is 31.6 Å². The molecule has 3 rings (SSSR count). The maximum absolute atomic E-state index is 10.8. The summed E-state index contributed by atoms with van der Waals surface area (Å²) >= 11 is 0. The first-order chi connectivity index (χ1) is 10.5. The Morgan fingerprint density at radius 3 is 2.59 bits per heavy atom. The molecule has 1 N–H and O–H groups in total. The fourth-order valence-corrected chi connectivity index (χ4v) is 3.09. The van der Waals surface area contributed by atoms with Crippen molar-refractivity contribution in [2.75, 3.05) is 37.6 Å². The predicted molar refractivity (Wildman–Crippen MR) is 87.5 cm³/mol. The van der Waals surface area contributed by atoms with Crippen LogP contribution in [0, 0.1) is 13.8 Å². The van der Waals surface area contributed by atoms with Crippen molar-refractivity contribution in [2.45, 2.75) is 13.8 Å². The van der Waals surface area contributed by atoms with Crippen molar-refractivity contribution in [2.24, 2.45) is 0 Å². The Kier molecular flexibility index (Phi) is 3.98. The number of benzene rings is 1. The third-order valence-corrected chi connectivity index (χ3v) is 4.20. The summed E-state index contributed by atoms with van der Waals surface area (Å²) in [4.78, 5) is 19.8. The van der Waals surface area contributed by atoms with E-state index in [4.69, 9.17) is 10.1 Å². The molecule has 1 aromatic heterocycles. The largest absolute Gasteiger partial charge is 0.480 e. The zero-order valence-electron chi connectivity index (χ0n) is 13.0. The second-order valence-corrected chi connectivity index (χ2v) is 5.97. The number of hydrogen-bond acceptors (Lipinski definition) is 4. The number of rotatable bonds is 3. The number of carboxylic acids is 1. The third kappa shape index (κ3) is 3.04. The van der Waals surface area contributed by atoms with E-state index in [9.17, 15) is 4.79 Å². The second kappa shape index (κ2) is 5.93. The molecule has 1 aliphatic rings. The predicted octanol–water partition coefficient (Wildman–Crippen LogP) is 2.06. The molecule has 1 aliphatic heterocycles. The van der Waals surface area contributed by atoms with E-state index >= 15 is 0 Å². The Bertz CT molecular complexity index is 706. The normalized spacial score (nSPS) is 16.2. The Hall–Kier alpha value is -2.14. The topological polar surface area (TPSA) is 56.7 Å². The number of aromatic nitrogens is 1. The number of fused-ring (bicyclic) bond motifs is 1. The highest BCUT2D eigenvalue weighted by atomic mass is 16.4. The SMILES string of the molecule is Cc1cc(C)c2ccc(N3CCN(CC(=O)O)CC3)nc2c1. The molecule has 0 atom stereocenters. The van der Waals surface area contributed by atoms with Crippen molar-refractivity contribution in [3.63, 3.8) is 0 Å². The van der Waals surface area contributed by atoms with Crippen molar-refractivity contribution in [1.29, 1.82) is 0 Å². The zero-order chi connectivity index (χ0) is 15.7. The van der Waals surface area contributed by atoms with Crippen LogP contribution in [0.15, 0.2) is 24.3 Å². The molecule has 5 nitrogen and oxygen atoms in total. The minimum atomic E-state index is -0.761. The Morgan fingerprint density at radius 1 is 1.18 bits per heavy atom. The summed E-state index contributed by atoms with van der Waals surface area (Å²) in [6.45, 7) is 7.48. The van der Waals surface area contributed by atoms with E-state index in [2.05, 4.69) is 43.0 Å². The van der Waals surface area contributed by atoms with Crippen LogP contribution in [0.3, 0.4) is 0 Å². The highest BCUT2D eigenvalue weighted by Gasteiger charge is 2.19. The first-order valence-electron chi connectivity index (χ1n) is 7.60. The van der Waals surface area contributed by atoms with Crippen molar-refractivity contribution < 1.29 is 9.90 Å². The maximum Gasteiger partial charge on any atom is 0.317 e. The van der Waals surface area contributed by atoms with E-state index in [1.54, 1.807) is 0 Å². The van der Waals surface area contributed by atoms with Gasteiger partial charge in [0.05, 0.1) is 12.1 Å². The second-order valence-electron chi connectivity index (χ2n) is 5.97. The summed E-state index contributed by atoms with van der Waals surface area (Å²) in [5, 5.41) is 10.0. The molecule has 0 unspecified atom stereocenters. The van der Waals surface area contributed by atoms with Gasteiger partial charge in [-0.15, -0.1) is 0 Å². The standard InChI is InChI=1S/C17H21N3O2/c1-12-9-13(2)14-3-4-16(18-15(14)10-12)20-7-5-19(6-8-20)11-17(21)22/h3-4,9-10H,5-8,11H2,1-2H3,(H,21,22). The van der Waals surface area contributed by atoms with Crippen LogP contribution in [0.5, 0.6) is 0 Å². The van der Waals surface area contributed by atoms with Gasteiger partial charge in [0.2, 0.25) is 0 Å². The van der Waals surface area contributed by atoms with Crippen molar-refractivity contribution >= 4 is 22.7 Å². The molecule has 0 amide bonds. The molecule has 116 valence electrons. The smallest absolute Gasteiger partial charge is 0.317 e. The summed E-state index contributed by atoms with van der Waals surface area (Å²) in [5.41, 5.74) is 3.50. The lowest BCUT2D eigenvalue weighted by Crippen LogP contribution is -2.48. The molecular weight excluding hydrogens is 278 g/mol. The van der Waals surface area contributed by atoms with E-state index in [1.807, 2.05) is 4.90 Å². The van der Waals surface area contributed by atoms with Gasteiger partial charge in [-0.1, -0.05) is 6.07 Å². The van der Waals surface area contributed by atoms with E-state index in [0.717, 1.165) is 37.5 Å². The number of anilines is 1. The molecule has 5 heteroatoms. The molecule has 1 aromatic carbocycles. The summed E-state index contributed by atoms with van der Waals surface area (Å²) in [6.07, 6.45) is 0. The van der Waals surface area contributed by atoms with Crippen LogP contribution in [0.4, 0.5) is 5.82 Å². The van der Waals surface area contributed by atoms with Gasteiger partial charge in [-0.3, -0.25) is 9.69 Å². The highest BCUT2D eigenvalue weighted by Crippen LogP contribution is 2.23. The molecule has 22 heavy (non-hydrogen) atoms. The summed E-state index contributed by atoms with van der Waals surface area (Å²) in [5.74, 6) is 0.218. The van der Waals surface area contributed by atoms with Gasteiger partial charge in [-0.25, -0.2) is 4.98 Å². The van der Waals surface area contributed by atoms with Crippen LogP contribution >= 0.6 is 0 Å². The molecular formula is C17H21N3O2. The van der Waals surface area contributed by atoms with Crippen molar-refractivity contribution in [3.8, 4) is 0 Å². The number of carbonyl (C=O) groups is 1. The van der Waals surface area contributed by atoms with E-state index in [-0.39, 0.29) is 6.54 Å². The fourth-order valence-electron chi connectivity index (χ4n) is 3.09. The van der Waals surface area contributed by atoms with E-state index in [1.165, 1.54) is 16.5 Å². The number of pyridine rings is 1. The van der Waals surface area contributed by atoms with Crippen LogP contribution < -0.4 is 4.90 Å². The van der Waals surface area contributed by atoms with Gasteiger partial charge in [0.1, 0.15) is 5.82 Å². The lowest BCUT2D eigenvalue weighted by molar-refractivity contribution is -0.138. The average molecular weight is 299 g/mol. The van der Waals surface area contributed by atoms with E-state index in [0.29, 0.717) is 0 Å². The summed E-state index contributed by atoms with van der Waals surface area (Å²) < 4.78 is 0. The number of nitrogens with zero attached hydrogens (tertiary/aromatic N) is 3. The van der Waals surface area contributed by atoms with Crippen molar-refractivity contribution in [3.05, 3.63) is 35.4 Å². The number of hydrogen-bond donors (Lipinski definition) is 1. The summed E-state index contributed by atoms with van der Waals surface area (Å²) in [6, 6.07) is 8.49. The Balaban J connectivity index is 1.78. The molecule has 0 aliphatic carbocycles. The monoisotopic (exact) mass is 299 g/mol. The van der Waals surface area contributed by atoms with Gasteiger partial charge in [0.15, 0.2) is 0 Å². The molecule has 0 spiro atoms. The summed E-state index contributed by atoms with van der Waals surface area (Å²) in [7, 11) is 0. The van der Waals surface area contributed by atoms with Gasteiger partial charge in [-0.05, 0) is 43.2 Å². The number of aryl methyl sites for hydroxylation is 2. The van der Waals surface area contributed by atoms with Crippen LogP contribution in [0.1, 0.15) is 11.1 Å². The van der Waals surface area contributed by atoms with Crippen molar-refractivity contribution in [1.82, 2.24) is 9.88 Å². The molecule has 0 radical (unpaired) electrons. The molecule has 2 aromatic rings. The third-order valence-electron chi connectivity index (χ3n) is 4.20. The lowest BCUT2D eigenvalue weighted by Gasteiger charge is -2.34. The van der Waals surface area contributed by atoms with Crippen LogP contribution in [-0.4, -0.2) is 53.7 Å². The molecule has 1 saturated heterocycles. The molecule has 0 bridgehead atoms. The average Bonchev–Trinajstić information content (AvgIpc) is 2.46. The van der Waals surface area contributed by atoms with Crippen LogP contribution in [0.2, 0.25) is 0 Å². The molecule has 2 heterocycles. The molecule has 0 saturated carbocycles. The minimum absolute atomic E-state index is 0.122. The molecule has 1 fully saturated rings. The maximum atomic E-state index is 10.8. The van der Waals surface area contributed by atoms with Gasteiger partial charge < -0.3 is 10.0 Å². The quantitative estimate of drug-likeness (QED) is 0.940. The first kappa shape index (κ1) is 14.8. The van der Waals surface area contributed by atoms with Gasteiger partial charge in [0.25, 0.3) is 0 Å². The number of aliphatic carboxylic acids is 1. The van der Waals surface area contributed by atoms with Gasteiger partial charge >= 0.3 is 5.97 Å². The number of piperazine rings is 1. The Morgan fingerprint density at radius 2 is 1.91 bits per heavy atom. The lowest BCUT2D eigenvalue weighted by atomic mass is 10.1. The Labute approximate surface area is 130 Å². The first-order valence-corrected chi connectivity index (χ1v) is 7.60.